The Labute approximate surface area is 104 Å². The molecule has 1 N–H and O–H groups in total. The van der Waals surface area contributed by atoms with E-state index in [4.69, 9.17) is 9.84 Å². The molecule has 6 heteroatoms. The van der Waals surface area contributed by atoms with Gasteiger partial charge in [-0.25, -0.2) is 14.8 Å². The van der Waals surface area contributed by atoms with Crippen molar-refractivity contribution in [3.05, 3.63) is 17.5 Å². The first kappa shape index (κ1) is 12.3. The van der Waals surface area contributed by atoms with Crippen LogP contribution in [0.4, 0.5) is 0 Å². The van der Waals surface area contributed by atoms with Gasteiger partial charge in [-0.05, 0) is 26.3 Å². The smallest absolute Gasteiger partial charge is 0.354 e. The van der Waals surface area contributed by atoms with Crippen LogP contribution >= 0.6 is 11.8 Å². The molecule has 1 fully saturated rings. The fraction of sp³-hybridized carbons (Fsp3) is 0.545. The summed E-state index contributed by atoms with van der Waals surface area (Å²) in [5, 5.41) is 9.74. The van der Waals surface area contributed by atoms with Gasteiger partial charge in [0.05, 0.1) is 6.10 Å². The van der Waals surface area contributed by atoms with Crippen molar-refractivity contribution < 1.29 is 14.6 Å². The molecule has 0 aromatic carbocycles. The quantitative estimate of drug-likeness (QED) is 0.828. The van der Waals surface area contributed by atoms with Crippen LogP contribution < -0.4 is 0 Å². The van der Waals surface area contributed by atoms with Gasteiger partial charge in [0.15, 0.2) is 10.9 Å². The zero-order valence-corrected chi connectivity index (χ0v) is 10.5. The van der Waals surface area contributed by atoms with E-state index in [0.29, 0.717) is 16.1 Å². The first-order valence-corrected chi connectivity index (χ1v) is 6.31. The van der Waals surface area contributed by atoms with Crippen LogP contribution in [0.3, 0.4) is 0 Å². The summed E-state index contributed by atoms with van der Waals surface area (Å²) in [7, 11) is 0. The second kappa shape index (κ2) is 5.01. The topological polar surface area (TPSA) is 72.3 Å². The van der Waals surface area contributed by atoms with Crippen molar-refractivity contribution in [3.8, 4) is 0 Å². The van der Waals surface area contributed by atoms with Gasteiger partial charge in [-0.1, -0.05) is 11.8 Å². The number of carboxylic acid groups (broad SMARTS) is 1. The fourth-order valence-corrected chi connectivity index (χ4v) is 2.81. The van der Waals surface area contributed by atoms with Crippen molar-refractivity contribution >= 4 is 17.7 Å². The predicted molar refractivity (Wildman–Crippen MR) is 63.4 cm³/mol. The predicted octanol–water partition coefficient (Wildman–Crippen LogP) is 1.75. The number of hydrogen-bond donors (Lipinski definition) is 1. The number of ether oxygens (including phenoxy) is 1. The number of carboxylic acids is 1. The number of aryl methyl sites for hydroxylation is 1. The molecule has 1 aromatic rings. The van der Waals surface area contributed by atoms with Gasteiger partial charge in [-0.3, -0.25) is 0 Å². The van der Waals surface area contributed by atoms with E-state index < -0.39 is 5.97 Å². The molecule has 0 saturated carbocycles. The van der Waals surface area contributed by atoms with E-state index >= 15 is 0 Å². The zero-order chi connectivity index (χ0) is 12.4. The molecule has 5 nitrogen and oxygen atoms in total. The standard InChI is InChI=1S/C11H14N2O3S/c1-6-5-8(10(14)15)13-11(12-6)17-9-3-4-16-7(9)2/h5,7,9H,3-4H2,1-2H3,(H,14,15). The summed E-state index contributed by atoms with van der Waals surface area (Å²) in [4.78, 5) is 19.2. The highest BCUT2D eigenvalue weighted by atomic mass is 32.2. The first-order chi connectivity index (χ1) is 8.06. The van der Waals surface area contributed by atoms with Gasteiger partial charge >= 0.3 is 5.97 Å². The molecule has 2 unspecified atom stereocenters. The van der Waals surface area contributed by atoms with Crippen LogP contribution in [0.1, 0.15) is 29.5 Å². The average molecular weight is 254 g/mol. The van der Waals surface area contributed by atoms with Crippen molar-refractivity contribution in [1.82, 2.24) is 9.97 Å². The van der Waals surface area contributed by atoms with Crippen LogP contribution in [0.2, 0.25) is 0 Å². The summed E-state index contributed by atoms with van der Waals surface area (Å²) >= 11 is 1.49. The molecule has 1 aromatic heterocycles. The summed E-state index contributed by atoms with van der Waals surface area (Å²) in [5.74, 6) is -1.02. The number of nitrogens with zero attached hydrogens (tertiary/aromatic N) is 2. The largest absolute Gasteiger partial charge is 0.477 e. The third-order valence-corrected chi connectivity index (χ3v) is 3.93. The molecular weight excluding hydrogens is 240 g/mol. The lowest BCUT2D eigenvalue weighted by Crippen LogP contribution is -2.14. The zero-order valence-electron chi connectivity index (χ0n) is 9.71. The first-order valence-electron chi connectivity index (χ1n) is 5.43. The SMILES string of the molecule is Cc1cc(C(=O)O)nc(SC2CCOC2C)n1. The lowest BCUT2D eigenvalue weighted by atomic mass is 10.3. The lowest BCUT2D eigenvalue weighted by molar-refractivity contribution is 0.0689. The summed E-state index contributed by atoms with van der Waals surface area (Å²) < 4.78 is 5.45. The minimum absolute atomic E-state index is 0.0477. The number of rotatable bonds is 3. The highest BCUT2D eigenvalue weighted by molar-refractivity contribution is 7.99. The molecule has 1 aliphatic rings. The molecule has 17 heavy (non-hydrogen) atoms. The molecule has 0 bridgehead atoms. The van der Waals surface area contributed by atoms with Crippen LogP contribution in [0, 0.1) is 6.92 Å². The summed E-state index contributed by atoms with van der Waals surface area (Å²) in [5.41, 5.74) is 0.720. The number of hydrogen-bond acceptors (Lipinski definition) is 5. The highest BCUT2D eigenvalue weighted by Gasteiger charge is 2.26. The number of carbonyl (C=O) groups is 1. The van der Waals surface area contributed by atoms with Crippen molar-refractivity contribution in [3.63, 3.8) is 0 Å². The molecule has 2 atom stereocenters. The molecule has 0 amide bonds. The van der Waals surface area contributed by atoms with Gasteiger partial charge in [0.1, 0.15) is 0 Å². The van der Waals surface area contributed by atoms with Gasteiger partial charge in [-0.2, -0.15) is 0 Å². The van der Waals surface area contributed by atoms with E-state index in [2.05, 4.69) is 9.97 Å². The molecule has 2 rings (SSSR count). The summed E-state index contributed by atoms with van der Waals surface area (Å²) in [6, 6.07) is 1.47. The molecule has 1 aliphatic heterocycles. The Kier molecular flexibility index (Phi) is 3.63. The maximum absolute atomic E-state index is 10.9. The van der Waals surface area contributed by atoms with E-state index in [1.807, 2.05) is 6.92 Å². The minimum atomic E-state index is -1.02. The monoisotopic (exact) mass is 254 g/mol. The summed E-state index contributed by atoms with van der Waals surface area (Å²) in [6.45, 7) is 4.53. The number of aromatic carboxylic acids is 1. The van der Waals surface area contributed by atoms with E-state index in [-0.39, 0.29) is 11.8 Å². The third-order valence-electron chi connectivity index (χ3n) is 2.62. The maximum atomic E-state index is 10.9. The molecular formula is C11H14N2O3S. The van der Waals surface area contributed by atoms with Crippen LogP contribution in [0.25, 0.3) is 0 Å². The highest BCUT2D eigenvalue weighted by Crippen LogP contribution is 2.30. The normalized spacial score (nSPS) is 23.9. The van der Waals surface area contributed by atoms with Gasteiger partial charge in [0.2, 0.25) is 0 Å². The molecule has 0 radical (unpaired) electrons. The lowest BCUT2D eigenvalue weighted by Gasteiger charge is -2.12. The molecule has 92 valence electrons. The van der Waals surface area contributed by atoms with Gasteiger partial charge in [0.25, 0.3) is 0 Å². The number of aromatic nitrogens is 2. The maximum Gasteiger partial charge on any atom is 0.354 e. The molecule has 0 aliphatic carbocycles. The Morgan fingerprint density at radius 3 is 2.94 bits per heavy atom. The van der Waals surface area contributed by atoms with Crippen molar-refractivity contribution in [2.45, 2.75) is 36.8 Å². The van der Waals surface area contributed by atoms with Gasteiger partial charge in [-0.15, -0.1) is 0 Å². The van der Waals surface area contributed by atoms with Gasteiger partial charge < -0.3 is 9.84 Å². The van der Waals surface area contributed by atoms with Crippen LogP contribution in [0.5, 0.6) is 0 Å². The molecule has 2 heterocycles. The van der Waals surface area contributed by atoms with E-state index in [1.165, 1.54) is 17.8 Å². The van der Waals surface area contributed by atoms with E-state index in [9.17, 15) is 4.79 Å². The Balaban J connectivity index is 2.17. The van der Waals surface area contributed by atoms with E-state index in [0.717, 1.165) is 13.0 Å². The minimum Gasteiger partial charge on any atom is -0.477 e. The Morgan fingerprint density at radius 1 is 1.59 bits per heavy atom. The second-order valence-corrected chi connectivity index (χ2v) is 5.21. The van der Waals surface area contributed by atoms with Crippen LogP contribution in [-0.2, 0) is 4.74 Å². The average Bonchev–Trinajstić information content (AvgIpc) is 2.63. The van der Waals surface area contributed by atoms with Crippen molar-refractivity contribution in [2.75, 3.05) is 6.61 Å². The Hall–Kier alpha value is -1.14. The van der Waals surface area contributed by atoms with Gasteiger partial charge in [0, 0.05) is 17.6 Å². The fourth-order valence-electron chi connectivity index (χ4n) is 1.71. The molecule has 1 saturated heterocycles. The third kappa shape index (κ3) is 2.95. The Bertz CT molecular complexity index is 439. The van der Waals surface area contributed by atoms with E-state index in [1.54, 1.807) is 6.92 Å². The summed E-state index contributed by atoms with van der Waals surface area (Å²) in [6.07, 6.45) is 1.11. The molecule has 0 spiro atoms. The van der Waals surface area contributed by atoms with Crippen LogP contribution in [-0.4, -0.2) is 39.0 Å². The second-order valence-electron chi connectivity index (χ2n) is 4.00. The van der Waals surface area contributed by atoms with Crippen molar-refractivity contribution in [1.29, 1.82) is 0 Å². The number of thioether (sulfide) groups is 1. The Morgan fingerprint density at radius 2 is 2.35 bits per heavy atom. The van der Waals surface area contributed by atoms with Crippen LogP contribution in [0.15, 0.2) is 11.2 Å². The van der Waals surface area contributed by atoms with Crippen molar-refractivity contribution in [2.24, 2.45) is 0 Å².